The van der Waals surface area contributed by atoms with Crippen molar-refractivity contribution in [3.8, 4) is 9.85 Å². The second kappa shape index (κ2) is 6.53. The van der Waals surface area contributed by atoms with Gasteiger partial charge in [0.2, 0.25) is 0 Å². The fourth-order valence-electron chi connectivity index (χ4n) is 0.849. The third kappa shape index (κ3) is 4.91. The minimum absolute atomic E-state index is 0.0787. The van der Waals surface area contributed by atoms with E-state index in [9.17, 15) is 4.79 Å². The van der Waals surface area contributed by atoms with Gasteiger partial charge in [0.25, 0.3) is 0 Å². The quantitative estimate of drug-likeness (QED) is 0.665. The van der Waals surface area contributed by atoms with Crippen LogP contribution in [0.3, 0.4) is 0 Å². The maximum absolute atomic E-state index is 11.2. The fraction of sp³-hybridized carbons (Fsp3) is 0.100. The molecule has 0 fully saturated rings. The molecule has 0 aliphatic rings. The summed E-state index contributed by atoms with van der Waals surface area (Å²) in [4.78, 5) is 11.2. The van der Waals surface area contributed by atoms with Crippen molar-refractivity contribution < 1.29 is 9.53 Å². The van der Waals surface area contributed by atoms with E-state index in [1.165, 1.54) is 0 Å². The van der Waals surface area contributed by atoms with Gasteiger partial charge in [-0.05, 0) is 22.1 Å². The number of benzene rings is 1. The summed E-state index contributed by atoms with van der Waals surface area (Å²) in [7, 11) is 0. The molecule has 0 unspecified atom stereocenters. The summed E-state index contributed by atoms with van der Waals surface area (Å²) in [6.07, 6.45) is -0.545. The van der Waals surface area contributed by atoms with Crippen molar-refractivity contribution in [3.05, 3.63) is 29.3 Å². The summed E-state index contributed by atoms with van der Waals surface area (Å²) >= 11 is 7.61. The molecule has 0 saturated carbocycles. The van der Waals surface area contributed by atoms with Crippen LogP contribution < -0.4 is 5.32 Å². The molecule has 0 aromatic heterocycles. The number of carbonyl (C=O) groups is 1. The van der Waals surface area contributed by atoms with Crippen molar-refractivity contribution in [2.24, 2.45) is 0 Å². The molecule has 0 radical (unpaired) electrons. The number of amides is 1. The summed E-state index contributed by atoms with van der Waals surface area (Å²) in [5.41, 5.74) is 0.593. The lowest BCUT2D eigenvalue weighted by atomic mass is 10.3. The van der Waals surface area contributed by atoms with E-state index < -0.39 is 6.09 Å². The van der Waals surface area contributed by atoms with Crippen molar-refractivity contribution in [1.82, 2.24) is 0 Å². The normalized spacial score (nSPS) is 8.67. The summed E-state index contributed by atoms with van der Waals surface area (Å²) in [5.74, 6) is 2.60. The average molecular weight is 336 g/mol. The van der Waals surface area contributed by atoms with E-state index in [0.29, 0.717) is 10.7 Å². The highest BCUT2D eigenvalue weighted by Gasteiger charge is 2.01. The van der Waals surface area contributed by atoms with Gasteiger partial charge in [0.1, 0.15) is 0 Å². The first-order valence-electron chi connectivity index (χ1n) is 4.00. The largest absolute Gasteiger partial charge is 0.436 e. The highest BCUT2D eigenvalue weighted by atomic mass is 127. The molecule has 1 aromatic carbocycles. The Hall–Kier alpha value is -0.930. The van der Waals surface area contributed by atoms with Crippen LogP contribution in [0, 0.1) is 9.85 Å². The Morgan fingerprint density at radius 3 is 3.07 bits per heavy atom. The Bertz CT molecular complexity index is 411. The van der Waals surface area contributed by atoms with Crippen LogP contribution in [-0.2, 0) is 4.74 Å². The zero-order chi connectivity index (χ0) is 11.1. The Morgan fingerprint density at radius 1 is 1.60 bits per heavy atom. The van der Waals surface area contributed by atoms with Crippen LogP contribution >= 0.6 is 34.2 Å². The minimum Gasteiger partial charge on any atom is -0.436 e. The van der Waals surface area contributed by atoms with Gasteiger partial charge in [-0.3, -0.25) is 5.32 Å². The van der Waals surface area contributed by atoms with E-state index in [2.05, 4.69) is 15.2 Å². The van der Waals surface area contributed by atoms with Crippen molar-refractivity contribution in [2.45, 2.75) is 0 Å². The third-order valence-corrected chi connectivity index (χ3v) is 2.03. The van der Waals surface area contributed by atoms with E-state index in [1.807, 2.05) is 22.6 Å². The molecule has 0 aliphatic heterocycles. The van der Waals surface area contributed by atoms with Gasteiger partial charge in [-0.2, -0.15) is 0 Å². The van der Waals surface area contributed by atoms with Gasteiger partial charge in [0, 0.05) is 33.3 Å². The maximum Gasteiger partial charge on any atom is 0.412 e. The van der Waals surface area contributed by atoms with Crippen LogP contribution in [-0.4, -0.2) is 12.7 Å². The standard InChI is InChI=1S/C10H7ClINO2/c11-8-3-1-4-9(7-8)13-10(14)15-6-2-5-12/h1,3-4,7H,6H2,(H,13,14). The number of hydrogen-bond donors (Lipinski definition) is 1. The lowest BCUT2D eigenvalue weighted by molar-refractivity contribution is 0.176. The third-order valence-electron chi connectivity index (χ3n) is 1.41. The van der Waals surface area contributed by atoms with Crippen LogP contribution in [0.15, 0.2) is 24.3 Å². The molecule has 1 aromatic rings. The molecule has 3 nitrogen and oxygen atoms in total. The smallest absolute Gasteiger partial charge is 0.412 e. The molecule has 0 spiro atoms. The number of rotatable bonds is 2. The van der Waals surface area contributed by atoms with Gasteiger partial charge in [0.15, 0.2) is 6.61 Å². The Labute approximate surface area is 106 Å². The number of carbonyl (C=O) groups excluding carboxylic acids is 1. The number of anilines is 1. The van der Waals surface area contributed by atoms with E-state index >= 15 is 0 Å². The zero-order valence-electron chi connectivity index (χ0n) is 7.59. The Morgan fingerprint density at radius 2 is 2.40 bits per heavy atom. The molecular formula is C10H7ClINO2. The molecular weight excluding hydrogens is 328 g/mol. The van der Waals surface area contributed by atoms with Crippen LogP contribution in [0.2, 0.25) is 5.02 Å². The van der Waals surface area contributed by atoms with Crippen LogP contribution in [0.5, 0.6) is 0 Å². The van der Waals surface area contributed by atoms with Crippen molar-refractivity contribution in [1.29, 1.82) is 0 Å². The molecule has 78 valence electrons. The van der Waals surface area contributed by atoms with Gasteiger partial charge in [-0.25, -0.2) is 4.79 Å². The first kappa shape index (κ1) is 12.1. The first-order chi connectivity index (χ1) is 7.22. The Kier molecular flexibility index (Phi) is 5.29. The van der Waals surface area contributed by atoms with Gasteiger partial charge in [-0.1, -0.05) is 23.6 Å². The van der Waals surface area contributed by atoms with E-state index in [0.717, 1.165) is 0 Å². The second-order valence-corrected chi connectivity index (χ2v) is 3.46. The summed E-state index contributed by atoms with van der Waals surface area (Å²) in [6.45, 7) is 0.0787. The SMILES string of the molecule is O=C(Nc1cccc(Cl)c1)OCC#CI. The van der Waals surface area contributed by atoms with Crippen molar-refractivity contribution in [2.75, 3.05) is 11.9 Å². The predicted octanol–water partition coefficient (Wildman–Crippen LogP) is 3.28. The van der Waals surface area contributed by atoms with E-state index in [4.69, 9.17) is 16.3 Å². The first-order valence-corrected chi connectivity index (χ1v) is 5.46. The summed E-state index contributed by atoms with van der Waals surface area (Å²) in [6, 6.07) is 6.81. The number of halogens is 2. The molecule has 15 heavy (non-hydrogen) atoms. The average Bonchev–Trinajstić information content (AvgIpc) is 2.18. The molecule has 1 rings (SSSR count). The molecule has 1 amide bonds. The minimum atomic E-state index is -0.545. The molecule has 0 heterocycles. The topological polar surface area (TPSA) is 38.3 Å². The van der Waals surface area contributed by atoms with Gasteiger partial charge in [-0.15, -0.1) is 0 Å². The van der Waals surface area contributed by atoms with Crippen molar-refractivity contribution >= 4 is 46.0 Å². The molecule has 0 bridgehead atoms. The van der Waals surface area contributed by atoms with Gasteiger partial charge < -0.3 is 4.74 Å². The number of nitrogens with one attached hydrogen (secondary N) is 1. The molecule has 0 saturated heterocycles. The fourth-order valence-corrected chi connectivity index (χ4v) is 1.20. The lowest BCUT2D eigenvalue weighted by Gasteiger charge is -2.04. The predicted molar refractivity (Wildman–Crippen MR) is 68.2 cm³/mol. The summed E-state index contributed by atoms with van der Waals surface area (Å²) in [5, 5.41) is 3.08. The van der Waals surface area contributed by atoms with E-state index in [1.54, 1.807) is 24.3 Å². The van der Waals surface area contributed by atoms with Gasteiger partial charge >= 0.3 is 6.09 Å². The molecule has 5 heteroatoms. The number of ether oxygens (including phenoxy) is 1. The molecule has 1 N–H and O–H groups in total. The van der Waals surface area contributed by atoms with Crippen LogP contribution in [0.1, 0.15) is 0 Å². The van der Waals surface area contributed by atoms with E-state index in [-0.39, 0.29) is 6.61 Å². The molecule has 0 atom stereocenters. The van der Waals surface area contributed by atoms with Crippen molar-refractivity contribution in [3.63, 3.8) is 0 Å². The monoisotopic (exact) mass is 335 g/mol. The summed E-state index contributed by atoms with van der Waals surface area (Å²) < 4.78 is 7.34. The Balaban J connectivity index is 2.46. The highest BCUT2D eigenvalue weighted by Crippen LogP contribution is 2.14. The van der Waals surface area contributed by atoms with Crippen LogP contribution in [0.4, 0.5) is 10.5 Å². The second-order valence-electron chi connectivity index (χ2n) is 2.48. The van der Waals surface area contributed by atoms with Crippen LogP contribution in [0.25, 0.3) is 0 Å². The number of hydrogen-bond acceptors (Lipinski definition) is 2. The maximum atomic E-state index is 11.2. The highest BCUT2D eigenvalue weighted by molar-refractivity contribution is 14.1. The zero-order valence-corrected chi connectivity index (χ0v) is 10.5. The lowest BCUT2D eigenvalue weighted by Crippen LogP contribution is -2.13. The molecule has 0 aliphatic carbocycles. The van der Waals surface area contributed by atoms with Gasteiger partial charge in [0.05, 0.1) is 0 Å².